The standard InChI is InChI=1S/C23H17ClN2O3S/c24-17-5-3-4-15(10-17)12-26-22(27)18-6-1-2-7-19(18)25-23(26)30-13-16-8-9-20-21(11-16)29-14-28-20/h1-11H,12-14H2. The van der Waals surface area contributed by atoms with Crippen molar-refractivity contribution in [2.45, 2.75) is 17.5 Å². The van der Waals surface area contributed by atoms with Gasteiger partial charge in [0, 0.05) is 10.8 Å². The van der Waals surface area contributed by atoms with Crippen LogP contribution in [0.15, 0.2) is 76.7 Å². The molecule has 5 rings (SSSR count). The molecule has 30 heavy (non-hydrogen) atoms. The fourth-order valence-electron chi connectivity index (χ4n) is 3.39. The number of aromatic nitrogens is 2. The zero-order valence-corrected chi connectivity index (χ0v) is 17.4. The van der Waals surface area contributed by atoms with Crippen LogP contribution in [0.25, 0.3) is 10.9 Å². The van der Waals surface area contributed by atoms with Crippen LogP contribution < -0.4 is 15.0 Å². The van der Waals surface area contributed by atoms with Gasteiger partial charge in [-0.3, -0.25) is 9.36 Å². The maximum absolute atomic E-state index is 13.2. The summed E-state index contributed by atoms with van der Waals surface area (Å²) < 4.78 is 12.6. The summed E-state index contributed by atoms with van der Waals surface area (Å²) in [7, 11) is 0. The average molecular weight is 437 g/mol. The summed E-state index contributed by atoms with van der Waals surface area (Å²) in [5.74, 6) is 2.15. The van der Waals surface area contributed by atoms with Gasteiger partial charge in [0.25, 0.3) is 5.56 Å². The number of thioether (sulfide) groups is 1. The molecule has 0 saturated heterocycles. The summed E-state index contributed by atoms with van der Waals surface area (Å²) in [5, 5.41) is 1.91. The Labute approximate surface area is 182 Å². The van der Waals surface area contributed by atoms with E-state index in [4.69, 9.17) is 26.1 Å². The van der Waals surface area contributed by atoms with E-state index in [-0.39, 0.29) is 12.4 Å². The Bertz CT molecular complexity index is 1310. The van der Waals surface area contributed by atoms with Crippen LogP contribution in [-0.2, 0) is 12.3 Å². The Balaban J connectivity index is 1.51. The monoisotopic (exact) mass is 436 g/mol. The number of hydrogen-bond acceptors (Lipinski definition) is 5. The fourth-order valence-corrected chi connectivity index (χ4v) is 4.55. The first-order valence-electron chi connectivity index (χ1n) is 9.43. The van der Waals surface area contributed by atoms with Gasteiger partial charge in [0.2, 0.25) is 6.79 Å². The van der Waals surface area contributed by atoms with Crippen molar-refractivity contribution in [2.75, 3.05) is 6.79 Å². The highest BCUT2D eigenvalue weighted by Crippen LogP contribution is 2.34. The molecule has 1 aliphatic heterocycles. The molecule has 0 amide bonds. The lowest BCUT2D eigenvalue weighted by molar-refractivity contribution is 0.174. The van der Waals surface area contributed by atoms with Crippen molar-refractivity contribution >= 4 is 34.3 Å². The predicted octanol–water partition coefficient (Wildman–Crippen LogP) is 5.12. The van der Waals surface area contributed by atoms with E-state index in [0.717, 1.165) is 22.6 Å². The highest BCUT2D eigenvalue weighted by atomic mass is 35.5. The number of halogens is 1. The number of ether oxygens (including phenoxy) is 2. The van der Waals surface area contributed by atoms with Crippen molar-refractivity contribution in [1.82, 2.24) is 9.55 Å². The maximum Gasteiger partial charge on any atom is 0.262 e. The van der Waals surface area contributed by atoms with Gasteiger partial charge >= 0.3 is 0 Å². The lowest BCUT2D eigenvalue weighted by atomic mass is 10.2. The quantitative estimate of drug-likeness (QED) is 0.321. The molecule has 7 heteroatoms. The van der Waals surface area contributed by atoms with Gasteiger partial charge in [0.05, 0.1) is 17.4 Å². The molecule has 2 heterocycles. The number of benzene rings is 3. The second kappa shape index (κ2) is 8.05. The average Bonchev–Trinajstić information content (AvgIpc) is 3.22. The van der Waals surface area contributed by atoms with E-state index in [1.54, 1.807) is 4.57 Å². The predicted molar refractivity (Wildman–Crippen MR) is 119 cm³/mol. The van der Waals surface area contributed by atoms with Gasteiger partial charge in [-0.1, -0.05) is 53.7 Å². The topological polar surface area (TPSA) is 53.4 Å². The van der Waals surface area contributed by atoms with Gasteiger partial charge in [-0.05, 0) is 47.5 Å². The molecule has 0 aliphatic carbocycles. The summed E-state index contributed by atoms with van der Waals surface area (Å²) in [6.45, 7) is 0.651. The van der Waals surface area contributed by atoms with Crippen LogP contribution in [-0.4, -0.2) is 16.3 Å². The van der Waals surface area contributed by atoms with Gasteiger partial charge in [-0.25, -0.2) is 4.98 Å². The zero-order chi connectivity index (χ0) is 20.5. The van der Waals surface area contributed by atoms with E-state index < -0.39 is 0 Å². The molecule has 0 bridgehead atoms. The summed E-state index contributed by atoms with van der Waals surface area (Å²) in [5.41, 5.74) is 2.65. The number of para-hydroxylation sites is 1. The summed E-state index contributed by atoms with van der Waals surface area (Å²) in [4.78, 5) is 18.0. The van der Waals surface area contributed by atoms with Crippen LogP contribution in [0.5, 0.6) is 11.5 Å². The Morgan fingerprint density at radius 3 is 2.73 bits per heavy atom. The van der Waals surface area contributed by atoms with Crippen molar-refractivity contribution in [3.63, 3.8) is 0 Å². The molecule has 0 saturated carbocycles. The normalized spacial score (nSPS) is 12.4. The fraction of sp³-hybridized carbons (Fsp3) is 0.130. The molecule has 0 unspecified atom stereocenters. The Kier molecular flexibility index (Phi) is 5.11. The largest absolute Gasteiger partial charge is 0.454 e. The van der Waals surface area contributed by atoms with Crippen molar-refractivity contribution in [3.8, 4) is 11.5 Å². The van der Waals surface area contributed by atoms with Gasteiger partial charge < -0.3 is 9.47 Å². The second-order valence-corrected chi connectivity index (χ2v) is 8.29. The maximum atomic E-state index is 13.2. The third kappa shape index (κ3) is 3.76. The van der Waals surface area contributed by atoms with Crippen molar-refractivity contribution in [3.05, 3.63) is 93.2 Å². The Morgan fingerprint density at radius 1 is 0.967 bits per heavy atom. The lowest BCUT2D eigenvalue weighted by Gasteiger charge is -2.13. The second-order valence-electron chi connectivity index (χ2n) is 6.91. The van der Waals surface area contributed by atoms with Crippen LogP contribution in [0.4, 0.5) is 0 Å². The van der Waals surface area contributed by atoms with E-state index in [2.05, 4.69) is 0 Å². The zero-order valence-electron chi connectivity index (χ0n) is 15.9. The van der Waals surface area contributed by atoms with Crippen molar-refractivity contribution in [2.24, 2.45) is 0 Å². The number of hydrogen-bond donors (Lipinski definition) is 0. The van der Waals surface area contributed by atoms with E-state index in [1.165, 1.54) is 11.8 Å². The Morgan fingerprint density at radius 2 is 1.83 bits per heavy atom. The van der Waals surface area contributed by atoms with Gasteiger partial charge in [0.15, 0.2) is 16.7 Å². The number of nitrogens with zero attached hydrogens (tertiary/aromatic N) is 2. The highest BCUT2D eigenvalue weighted by Gasteiger charge is 2.15. The van der Waals surface area contributed by atoms with E-state index in [9.17, 15) is 4.79 Å². The van der Waals surface area contributed by atoms with Crippen LogP contribution >= 0.6 is 23.4 Å². The third-order valence-corrected chi connectivity index (χ3v) is 6.14. The molecule has 150 valence electrons. The minimum absolute atomic E-state index is 0.0613. The molecule has 0 fully saturated rings. The van der Waals surface area contributed by atoms with E-state index in [0.29, 0.717) is 33.4 Å². The molecule has 1 aliphatic rings. The summed E-state index contributed by atoms with van der Waals surface area (Å²) in [6, 6.07) is 20.8. The number of fused-ring (bicyclic) bond motifs is 2. The van der Waals surface area contributed by atoms with Crippen LogP contribution in [0.2, 0.25) is 5.02 Å². The van der Waals surface area contributed by atoms with Gasteiger partial charge in [0.1, 0.15) is 0 Å². The van der Waals surface area contributed by atoms with E-state index in [1.807, 2.05) is 66.7 Å². The first-order valence-corrected chi connectivity index (χ1v) is 10.8. The van der Waals surface area contributed by atoms with Crippen LogP contribution in [0.3, 0.4) is 0 Å². The van der Waals surface area contributed by atoms with Gasteiger partial charge in [-0.15, -0.1) is 0 Å². The molecule has 4 aromatic rings. The third-order valence-electron chi connectivity index (χ3n) is 4.86. The molecule has 0 spiro atoms. The molecule has 3 aromatic carbocycles. The van der Waals surface area contributed by atoms with Crippen molar-refractivity contribution in [1.29, 1.82) is 0 Å². The Hall–Kier alpha value is -2.96. The van der Waals surface area contributed by atoms with Gasteiger partial charge in [-0.2, -0.15) is 0 Å². The van der Waals surface area contributed by atoms with Crippen LogP contribution in [0.1, 0.15) is 11.1 Å². The molecule has 0 atom stereocenters. The smallest absolute Gasteiger partial charge is 0.262 e. The molecular weight excluding hydrogens is 420 g/mol. The first-order chi connectivity index (χ1) is 14.7. The number of rotatable bonds is 5. The molecule has 0 N–H and O–H groups in total. The van der Waals surface area contributed by atoms with E-state index >= 15 is 0 Å². The summed E-state index contributed by atoms with van der Waals surface area (Å²) >= 11 is 7.66. The summed E-state index contributed by atoms with van der Waals surface area (Å²) in [6.07, 6.45) is 0. The molecular formula is C23H17ClN2O3S. The molecule has 1 aromatic heterocycles. The molecule has 0 radical (unpaired) electrons. The highest BCUT2D eigenvalue weighted by molar-refractivity contribution is 7.98. The minimum atomic E-state index is -0.0613. The first kappa shape index (κ1) is 19.0. The van der Waals surface area contributed by atoms with Crippen molar-refractivity contribution < 1.29 is 9.47 Å². The van der Waals surface area contributed by atoms with Crippen LogP contribution in [0, 0.1) is 0 Å². The molecule has 5 nitrogen and oxygen atoms in total. The SMILES string of the molecule is O=c1c2ccccc2nc(SCc2ccc3c(c2)OCO3)n1Cc1cccc(Cl)c1. The lowest BCUT2D eigenvalue weighted by Crippen LogP contribution is -2.24. The minimum Gasteiger partial charge on any atom is -0.454 e.